The van der Waals surface area contributed by atoms with Crippen LogP contribution in [0.5, 0.6) is 0 Å². The molecule has 0 amide bonds. The number of pyridine rings is 1. The van der Waals surface area contributed by atoms with Gasteiger partial charge in [0.1, 0.15) is 0 Å². The molecule has 0 aliphatic rings. The van der Waals surface area contributed by atoms with Crippen LogP contribution < -0.4 is 0 Å². The van der Waals surface area contributed by atoms with Crippen LogP contribution in [0.15, 0.2) is 103 Å². The Bertz CT molecular complexity index is 2060. The minimum absolute atomic E-state index is 1.03. The summed E-state index contributed by atoms with van der Waals surface area (Å²) in [5, 5.41) is 7.58. The van der Waals surface area contributed by atoms with E-state index in [1.807, 2.05) is 23.5 Å². The van der Waals surface area contributed by atoms with Gasteiger partial charge in [0.2, 0.25) is 0 Å². The highest BCUT2D eigenvalue weighted by Gasteiger charge is 2.18. The van der Waals surface area contributed by atoms with Gasteiger partial charge < -0.3 is 0 Å². The predicted molar refractivity (Wildman–Crippen MR) is 145 cm³/mol. The second-order valence-corrected chi connectivity index (χ2v) is 9.81. The summed E-state index contributed by atoms with van der Waals surface area (Å²) in [6.45, 7) is 0. The molecule has 0 N–H and O–H groups in total. The topological polar surface area (TPSA) is 17.3 Å². The zero-order valence-electron chi connectivity index (χ0n) is 18.1. The number of benzene rings is 5. The number of aromatic nitrogens is 2. The van der Waals surface area contributed by atoms with Crippen molar-refractivity contribution in [1.82, 2.24) is 9.38 Å². The average molecular weight is 450 g/mol. The van der Waals surface area contributed by atoms with Crippen LogP contribution in [0, 0.1) is 6.07 Å². The summed E-state index contributed by atoms with van der Waals surface area (Å²) in [7, 11) is 0. The summed E-state index contributed by atoms with van der Waals surface area (Å²) in [5.41, 5.74) is 5.61. The zero-order valence-corrected chi connectivity index (χ0v) is 18.9. The molecule has 157 valence electrons. The number of nitrogens with zero attached hydrogens (tertiary/aromatic N) is 2. The van der Waals surface area contributed by atoms with Crippen molar-refractivity contribution >= 4 is 69.7 Å². The lowest BCUT2D eigenvalue weighted by atomic mass is 9.99. The van der Waals surface area contributed by atoms with E-state index >= 15 is 0 Å². The minimum atomic E-state index is 1.03. The van der Waals surface area contributed by atoms with Crippen LogP contribution >= 0.6 is 11.3 Å². The Morgan fingerprint density at radius 3 is 2.41 bits per heavy atom. The van der Waals surface area contributed by atoms with Crippen LogP contribution in [0.25, 0.3) is 69.5 Å². The van der Waals surface area contributed by atoms with E-state index in [0.717, 1.165) is 16.7 Å². The van der Waals surface area contributed by atoms with Gasteiger partial charge in [0, 0.05) is 32.6 Å². The lowest BCUT2D eigenvalue weighted by molar-refractivity contribution is 1.25. The van der Waals surface area contributed by atoms with Gasteiger partial charge in [-0.15, -0.1) is 11.3 Å². The summed E-state index contributed by atoms with van der Waals surface area (Å²) < 4.78 is 4.83. The molecule has 0 saturated carbocycles. The van der Waals surface area contributed by atoms with Crippen molar-refractivity contribution in [2.45, 2.75) is 0 Å². The third kappa shape index (κ3) is 2.37. The van der Waals surface area contributed by atoms with Gasteiger partial charge in [-0.25, -0.2) is 4.98 Å². The van der Waals surface area contributed by atoms with E-state index in [1.165, 1.54) is 52.8 Å². The second kappa shape index (κ2) is 6.66. The number of thiophene rings is 1. The first kappa shape index (κ1) is 18.2. The molecule has 0 bridgehead atoms. The van der Waals surface area contributed by atoms with E-state index < -0.39 is 0 Å². The maximum atomic E-state index is 5.30. The Hall–Kier alpha value is -4.21. The fourth-order valence-electron chi connectivity index (χ4n) is 5.40. The highest BCUT2D eigenvalue weighted by Crippen LogP contribution is 2.42. The molecule has 34 heavy (non-hydrogen) atoms. The summed E-state index contributed by atoms with van der Waals surface area (Å²) in [6.07, 6.45) is 2.20. The first-order valence-corrected chi connectivity index (χ1v) is 12.2. The van der Waals surface area contributed by atoms with E-state index in [4.69, 9.17) is 4.98 Å². The Balaban J connectivity index is 1.59. The van der Waals surface area contributed by atoms with E-state index in [-0.39, 0.29) is 0 Å². The Labute approximate surface area is 199 Å². The third-order valence-corrected chi connectivity index (χ3v) is 8.09. The van der Waals surface area contributed by atoms with Crippen LogP contribution in [0.1, 0.15) is 0 Å². The highest BCUT2D eigenvalue weighted by atomic mass is 32.1. The van der Waals surface area contributed by atoms with Gasteiger partial charge in [-0.05, 0) is 46.0 Å². The molecular weight excluding hydrogens is 432 g/mol. The fourth-order valence-corrected chi connectivity index (χ4v) is 6.59. The van der Waals surface area contributed by atoms with Gasteiger partial charge in [-0.2, -0.15) is 0 Å². The summed E-state index contributed by atoms with van der Waals surface area (Å²) in [4.78, 5) is 5.30. The van der Waals surface area contributed by atoms with Crippen molar-refractivity contribution in [3.05, 3.63) is 109 Å². The van der Waals surface area contributed by atoms with Crippen LogP contribution in [0.2, 0.25) is 0 Å². The Morgan fingerprint density at radius 2 is 1.53 bits per heavy atom. The lowest BCUT2D eigenvalue weighted by Gasteiger charge is -2.08. The van der Waals surface area contributed by atoms with Crippen molar-refractivity contribution in [2.24, 2.45) is 0 Å². The van der Waals surface area contributed by atoms with Crippen molar-refractivity contribution < 1.29 is 0 Å². The molecule has 2 nitrogen and oxygen atoms in total. The first-order valence-electron chi connectivity index (χ1n) is 11.4. The van der Waals surface area contributed by atoms with Gasteiger partial charge in [-0.3, -0.25) is 4.40 Å². The predicted octanol–water partition coefficient (Wildman–Crippen LogP) is 8.63. The molecule has 3 heteroatoms. The maximum absolute atomic E-state index is 5.30. The van der Waals surface area contributed by atoms with Crippen molar-refractivity contribution in [3.8, 4) is 11.1 Å². The number of fused-ring (bicyclic) bond motifs is 11. The number of hydrogen-bond acceptors (Lipinski definition) is 2. The van der Waals surface area contributed by atoms with Crippen LogP contribution in [-0.4, -0.2) is 9.38 Å². The standard InChI is InChI=1S/C31H17N2S/c1-2-8-19(9-3-1)25-18-21-11-5-7-13-23(21)28-29(25)33-17-16-24-27-22-12-6-4-10-20(22)14-15-26(27)34-30(24)31(33)32-28/h2-18H. The molecule has 3 aromatic heterocycles. The molecule has 0 fully saturated rings. The van der Waals surface area contributed by atoms with E-state index in [0.29, 0.717) is 0 Å². The highest BCUT2D eigenvalue weighted by molar-refractivity contribution is 7.26. The molecule has 0 unspecified atom stereocenters. The molecule has 1 radical (unpaired) electrons. The van der Waals surface area contributed by atoms with Gasteiger partial charge in [0.15, 0.2) is 5.65 Å². The normalized spacial score (nSPS) is 12.1. The van der Waals surface area contributed by atoms with E-state index in [2.05, 4.69) is 102 Å². The minimum Gasteiger partial charge on any atom is -0.298 e. The largest absolute Gasteiger partial charge is 0.298 e. The molecule has 0 aliphatic heterocycles. The smallest absolute Gasteiger partial charge is 0.156 e. The number of hydrogen-bond donors (Lipinski definition) is 0. The SMILES string of the molecule is [c]1ccc(-c2cc3ccccc3c3nc4c5sc6ccc7ccccc7c6c5ccn4c23)cc1. The van der Waals surface area contributed by atoms with Gasteiger partial charge in [0.05, 0.1) is 15.7 Å². The maximum Gasteiger partial charge on any atom is 0.156 e. The molecule has 0 atom stereocenters. The summed E-state index contributed by atoms with van der Waals surface area (Å²) >= 11 is 1.84. The van der Waals surface area contributed by atoms with Gasteiger partial charge in [0.25, 0.3) is 0 Å². The summed E-state index contributed by atoms with van der Waals surface area (Å²) in [6, 6.07) is 37.6. The molecular formula is C31H17N2S. The summed E-state index contributed by atoms with van der Waals surface area (Å²) in [5.74, 6) is 0. The monoisotopic (exact) mass is 449 g/mol. The van der Waals surface area contributed by atoms with Crippen LogP contribution in [-0.2, 0) is 0 Å². The van der Waals surface area contributed by atoms with E-state index in [9.17, 15) is 0 Å². The van der Waals surface area contributed by atoms with Crippen LogP contribution in [0.4, 0.5) is 0 Å². The first-order chi connectivity index (χ1) is 16.9. The fraction of sp³-hybridized carbons (Fsp3) is 0. The quantitative estimate of drug-likeness (QED) is 0.245. The molecule has 0 saturated heterocycles. The molecule has 8 rings (SSSR count). The molecule has 0 spiro atoms. The molecule has 5 aromatic carbocycles. The van der Waals surface area contributed by atoms with Crippen LogP contribution in [0.3, 0.4) is 0 Å². The molecule has 0 aliphatic carbocycles. The van der Waals surface area contributed by atoms with Crippen molar-refractivity contribution in [2.75, 3.05) is 0 Å². The number of rotatable bonds is 1. The Morgan fingerprint density at radius 1 is 0.735 bits per heavy atom. The number of imidazole rings is 1. The third-order valence-electron chi connectivity index (χ3n) is 6.92. The van der Waals surface area contributed by atoms with Crippen molar-refractivity contribution in [1.29, 1.82) is 0 Å². The van der Waals surface area contributed by atoms with Gasteiger partial charge in [-0.1, -0.05) is 78.9 Å². The average Bonchev–Trinajstić information content (AvgIpc) is 3.48. The lowest BCUT2D eigenvalue weighted by Crippen LogP contribution is -1.88. The van der Waals surface area contributed by atoms with E-state index in [1.54, 1.807) is 0 Å². The second-order valence-electron chi connectivity index (χ2n) is 8.76. The molecule has 8 aromatic rings. The molecule has 3 heterocycles. The van der Waals surface area contributed by atoms with Gasteiger partial charge >= 0.3 is 0 Å². The zero-order chi connectivity index (χ0) is 22.2. The van der Waals surface area contributed by atoms with Crippen molar-refractivity contribution in [3.63, 3.8) is 0 Å². The Kier molecular flexibility index (Phi) is 3.57.